The Kier molecular flexibility index (Phi) is 54.6. The van der Waals surface area contributed by atoms with Gasteiger partial charge >= 0.3 is 21.1 Å². The van der Waals surface area contributed by atoms with Crippen molar-refractivity contribution in [3.8, 4) is 11.1 Å². The Hall–Kier alpha value is -0.138. The number of carbonyl (C=O) groups excluding carboxylic acids is 1. The van der Waals surface area contributed by atoms with Crippen LogP contribution in [0.4, 0.5) is 0 Å². The molecule has 41 heavy (non-hydrogen) atoms. The van der Waals surface area contributed by atoms with Crippen LogP contribution in [0.5, 0.6) is 0 Å². The van der Waals surface area contributed by atoms with Crippen molar-refractivity contribution in [3.63, 3.8) is 0 Å². The molecule has 0 atom stereocenters. The number of likely N-dealkylation sites (tertiary alicyclic amines) is 1. The van der Waals surface area contributed by atoms with E-state index in [0.717, 1.165) is 23.1 Å². The second-order valence-electron chi connectivity index (χ2n) is 8.67. The SMILES string of the molecule is CC.CC.CC.CCCCN1CC[CH-]CC1.O=[C-]Cc1ccccc1-c1ccccc1.[CH2-]CCCCCCC.[W+2].[Y]. The van der Waals surface area contributed by atoms with Crippen molar-refractivity contribution >= 4 is 6.29 Å². The number of hydrogen-bond donors (Lipinski definition) is 0. The standard InChI is InChI=1S/C14H11O.C9H18N.C8H17.3C2H6.W.Y/c15-11-10-13-8-4-5-9-14(13)12-6-2-1-3-7-12;1-2-3-7-10-8-5-4-6-9-10;1-3-5-7-8-6-4-2;3*1-2;;/h1-9H,10H2;4H,2-3,5-9H2,1H3;1,3-8H2,2H3;3*1-2H3;;/q3*-1;;;;+2;. The Morgan fingerprint density at radius 3 is 1.78 bits per heavy atom. The summed E-state index contributed by atoms with van der Waals surface area (Å²) in [4.78, 5) is 13.0. The van der Waals surface area contributed by atoms with E-state index in [1.807, 2.05) is 102 Å². The van der Waals surface area contributed by atoms with Gasteiger partial charge in [0.1, 0.15) is 0 Å². The zero-order valence-corrected chi connectivity index (χ0v) is 34.0. The zero-order chi connectivity index (χ0) is 30.0. The van der Waals surface area contributed by atoms with Crippen LogP contribution in [-0.2, 0) is 65.0 Å². The molecule has 0 unspecified atom stereocenters. The fourth-order valence-electron chi connectivity index (χ4n) is 3.84. The molecule has 2 aromatic rings. The second-order valence-corrected chi connectivity index (χ2v) is 8.67. The van der Waals surface area contributed by atoms with Gasteiger partial charge in [0.15, 0.2) is 0 Å². The van der Waals surface area contributed by atoms with Crippen molar-refractivity contribution in [1.29, 1.82) is 0 Å². The molecule has 2 nitrogen and oxygen atoms in total. The maximum atomic E-state index is 10.4. The minimum absolute atomic E-state index is 0. The summed E-state index contributed by atoms with van der Waals surface area (Å²) >= 11 is 0. The number of nitrogens with zero attached hydrogens (tertiary/aromatic N) is 1. The summed E-state index contributed by atoms with van der Waals surface area (Å²) in [5.41, 5.74) is 3.28. The molecule has 0 bridgehead atoms. The van der Waals surface area contributed by atoms with Gasteiger partial charge in [-0.15, -0.1) is 6.42 Å². The molecule has 1 saturated heterocycles. The van der Waals surface area contributed by atoms with Gasteiger partial charge in [-0.2, -0.15) is 19.3 Å². The molecule has 2 aromatic carbocycles. The molecule has 1 aliphatic heterocycles. The number of benzene rings is 2. The van der Waals surface area contributed by atoms with Crippen LogP contribution in [0.1, 0.15) is 125 Å². The van der Waals surface area contributed by atoms with Gasteiger partial charge in [-0.3, -0.25) is 6.29 Å². The summed E-state index contributed by atoms with van der Waals surface area (Å²) < 4.78 is 0. The van der Waals surface area contributed by atoms with E-state index in [-0.39, 0.29) is 53.8 Å². The van der Waals surface area contributed by atoms with Gasteiger partial charge in [-0.05, 0) is 37.2 Å². The molecule has 0 N–H and O–H groups in total. The average Bonchev–Trinajstić information content (AvgIpc) is 3.03. The Bertz CT molecular complexity index is 699. The maximum Gasteiger partial charge on any atom is 2.00 e. The Balaban J connectivity index is -0.000000147. The van der Waals surface area contributed by atoms with Gasteiger partial charge in [-0.1, -0.05) is 154 Å². The Morgan fingerprint density at radius 1 is 0.756 bits per heavy atom. The first-order valence-corrected chi connectivity index (χ1v) is 16.1. The minimum Gasteiger partial charge on any atom is -0.541 e. The molecule has 4 heteroatoms. The summed E-state index contributed by atoms with van der Waals surface area (Å²) in [6.07, 6.45) is 18.0. The third-order valence-corrected chi connectivity index (χ3v) is 5.85. The third-order valence-electron chi connectivity index (χ3n) is 5.85. The van der Waals surface area contributed by atoms with Gasteiger partial charge in [0, 0.05) is 32.7 Å². The van der Waals surface area contributed by atoms with E-state index in [1.165, 1.54) is 77.4 Å². The van der Waals surface area contributed by atoms with Gasteiger partial charge in [0.05, 0.1) is 0 Å². The fourth-order valence-corrected chi connectivity index (χ4v) is 3.84. The summed E-state index contributed by atoms with van der Waals surface area (Å²) in [5.74, 6) is 0. The van der Waals surface area contributed by atoms with Crippen molar-refractivity contribution in [3.05, 3.63) is 73.5 Å². The van der Waals surface area contributed by atoms with Gasteiger partial charge < -0.3 is 23.0 Å². The number of rotatable bonds is 11. The first-order chi connectivity index (χ1) is 19.3. The van der Waals surface area contributed by atoms with Crippen LogP contribution < -0.4 is 0 Å². The zero-order valence-electron chi connectivity index (χ0n) is 28.2. The van der Waals surface area contributed by atoms with Gasteiger partial charge in [0.2, 0.25) is 0 Å². The molecule has 0 saturated carbocycles. The molecule has 1 aliphatic rings. The Labute approximate surface area is 297 Å². The van der Waals surface area contributed by atoms with Crippen molar-refractivity contribution in [1.82, 2.24) is 4.90 Å². The summed E-state index contributed by atoms with van der Waals surface area (Å²) in [6.45, 7) is 24.2. The van der Waals surface area contributed by atoms with Crippen LogP contribution in [0.3, 0.4) is 0 Å². The van der Waals surface area contributed by atoms with Crippen LogP contribution in [0.2, 0.25) is 0 Å². The van der Waals surface area contributed by atoms with E-state index in [0.29, 0.717) is 6.42 Å². The van der Waals surface area contributed by atoms with E-state index >= 15 is 0 Å². The van der Waals surface area contributed by atoms with Crippen molar-refractivity contribution < 1.29 is 58.6 Å². The van der Waals surface area contributed by atoms with Crippen LogP contribution >= 0.6 is 0 Å². The molecule has 1 radical (unpaired) electrons. The van der Waals surface area contributed by atoms with E-state index in [9.17, 15) is 4.79 Å². The maximum absolute atomic E-state index is 10.4. The summed E-state index contributed by atoms with van der Waals surface area (Å²) in [7, 11) is 0. The van der Waals surface area contributed by atoms with Crippen LogP contribution in [0, 0.1) is 13.3 Å². The molecule has 233 valence electrons. The second kappa shape index (κ2) is 44.3. The summed E-state index contributed by atoms with van der Waals surface area (Å²) in [5, 5.41) is 0. The average molecular weight is 812 g/mol. The summed E-state index contributed by atoms with van der Waals surface area (Å²) in [6, 6.07) is 18.0. The smallest absolute Gasteiger partial charge is 0.541 e. The molecule has 1 fully saturated rings. The minimum atomic E-state index is 0. The third kappa shape index (κ3) is 31.1. The van der Waals surface area contributed by atoms with E-state index in [4.69, 9.17) is 0 Å². The molecule has 0 amide bonds. The van der Waals surface area contributed by atoms with Crippen molar-refractivity contribution in [2.75, 3.05) is 19.6 Å². The van der Waals surface area contributed by atoms with E-state index in [2.05, 4.69) is 32.1 Å². The molecular weight excluding hydrogens is 747 g/mol. The van der Waals surface area contributed by atoms with Gasteiger partial charge in [-0.25, -0.2) is 0 Å². The predicted molar refractivity (Wildman–Crippen MR) is 179 cm³/mol. The normalized spacial score (nSPS) is 11.1. The van der Waals surface area contributed by atoms with E-state index < -0.39 is 0 Å². The van der Waals surface area contributed by atoms with Gasteiger partial charge in [0.25, 0.3) is 0 Å². The van der Waals surface area contributed by atoms with Crippen LogP contribution in [0.25, 0.3) is 11.1 Å². The number of unbranched alkanes of at least 4 members (excludes halogenated alkanes) is 6. The van der Waals surface area contributed by atoms with Crippen LogP contribution in [-0.4, -0.2) is 30.8 Å². The fraction of sp³-hybridized carbons (Fsp3) is 0.595. The molecular formula is C37H64NOWY-. The first kappa shape index (κ1) is 50.5. The Morgan fingerprint density at radius 2 is 1.27 bits per heavy atom. The molecule has 3 rings (SSSR count). The molecule has 0 spiro atoms. The number of hydrogen-bond acceptors (Lipinski definition) is 2. The predicted octanol–water partition coefficient (Wildman–Crippen LogP) is 11.3. The monoisotopic (exact) mass is 811 g/mol. The van der Waals surface area contributed by atoms with Crippen molar-refractivity contribution in [2.24, 2.45) is 0 Å². The van der Waals surface area contributed by atoms with E-state index in [1.54, 1.807) is 0 Å². The molecule has 1 heterocycles. The first-order valence-electron chi connectivity index (χ1n) is 16.1. The quantitative estimate of drug-likeness (QED) is 0.166. The number of piperidine rings is 1. The molecule has 0 aliphatic carbocycles. The topological polar surface area (TPSA) is 20.3 Å². The largest absolute Gasteiger partial charge is 2.00 e. The van der Waals surface area contributed by atoms with Crippen LogP contribution in [0.15, 0.2) is 54.6 Å². The molecule has 0 aromatic heterocycles. The van der Waals surface area contributed by atoms with Crippen molar-refractivity contribution in [2.45, 2.75) is 126 Å².